The van der Waals surface area contributed by atoms with Crippen molar-refractivity contribution in [2.45, 2.75) is 4.90 Å². The minimum Gasteiger partial charge on any atom is -0.497 e. The first-order chi connectivity index (χ1) is 9.42. The molecule has 0 saturated heterocycles. The van der Waals surface area contributed by atoms with Crippen molar-refractivity contribution in [2.75, 3.05) is 7.11 Å². The number of hydrogen-bond acceptors (Lipinski definition) is 4. The fourth-order valence-electron chi connectivity index (χ4n) is 1.49. The quantitative estimate of drug-likeness (QED) is 0.700. The molecule has 2 rings (SSSR count). The van der Waals surface area contributed by atoms with E-state index in [1.807, 2.05) is 0 Å². The van der Waals surface area contributed by atoms with Crippen LogP contribution in [-0.4, -0.2) is 15.5 Å². The zero-order chi connectivity index (χ0) is 14.8. The predicted octanol–water partition coefficient (Wildman–Crippen LogP) is 3.99. The lowest BCUT2D eigenvalue weighted by molar-refractivity contribution is 0.411. The zero-order valence-corrected chi connectivity index (χ0v) is 14.3. The molecule has 0 fully saturated rings. The van der Waals surface area contributed by atoms with E-state index in [0.717, 1.165) is 0 Å². The Hall–Kier alpha value is -1.05. The Bertz CT molecular complexity index is 729. The van der Waals surface area contributed by atoms with Gasteiger partial charge in [0.15, 0.2) is 0 Å². The Kier molecular flexibility index (Phi) is 4.72. The van der Waals surface area contributed by atoms with E-state index in [0.29, 0.717) is 14.7 Å². The zero-order valence-electron chi connectivity index (χ0n) is 10.3. The van der Waals surface area contributed by atoms with Gasteiger partial charge in [0.05, 0.1) is 7.11 Å². The van der Waals surface area contributed by atoms with E-state index >= 15 is 0 Å². The van der Waals surface area contributed by atoms with Crippen LogP contribution in [0.5, 0.6) is 11.5 Å². The summed E-state index contributed by atoms with van der Waals surface area (Å²) in [6.45, 7) is 0. The molecule has 0 atom stereocenters. The number of halogens is 2. The molecular formula is C13H10Br2O4S. The number of ether oxygens (including phenoxy) is 1. The number of methoxy groups -OCH3 is 1. The Labute approximate surface area is 134 Å². The molecule has 0 spiro atoms. The molecule has 0 unspecified atom stereocenters. The number of hydrogen-bond donors (Lipinski definition) is 0. The molecule has 106 valence electrons. The Morgan fingerprint density at radius 3 is 2.40 bits per heavy atom. The topological polar surface area (TPSA) is 52.6 Å². The molecule has 0 aliphatic rings. The summed E-state index contributed by atoms with van der Waals surface area (Å²) in [5.41, 5.74) is 0. The van der Waals surface area contributed by atoms with Gasteiger partial charge >= 0.3 is 10.1 Å². The van der Waals surface area contributed by atoms with Crippen LogP contribution in [0.15, 0.2) is 56.3 Å². The molecule has 0 heterocycles. The molecule has 4 nitrogen and oxygen atoms in total. The highest BCUT2D eigenvalue weighted by atomic mass is 79.9. The van der Waals surface area contributed by atoms with E-state index in [2.05, 4.69) is 31.9 Å². The van der Waals surface area contributed by atoms with E-state index in [-0.39, 0.29) is 10.6 Å². The lowest BCUT2D eigenvalue weighted by Gasteiger charge is -2.09. The maximum absolute atomic E-state index is 12.3. The third-order valence-corrected chi connectivity index (χ3v) is 5.15. The first-order valence-corrected chi connectivity index (χ1v) is 8.45. The van der Waals surface area contributed by atoms with Crippen molar-refractivity contribution in [1.82, 2.24) is 0 Å². The monoisotopic (exact) mass is 420 g/mol. The molecule has 0 aliphatic heterocycles. The first kappa shape index (κ1) is 15.3. The van der Waals surface area contributed by atoms with Crippen LogP contribution in [0.1, 0.15) is 0 Å². The van der Waals surface area contributed by atoms with E-state index in [9.17, 15) is 8.42 Å². The molecule has 20 heavy (non-hydrogen) atoms. The van der Waals surface area contributed by atoms with Crippen LogP contribution in [0, 0.1) is 0 Å². The van der Waals surface area contributed by atoms with Crippen molar-refractivity contribution in [1.29, 1.82) is 0 Å². The highest BCUT2D eigenvalue weighted by Gasteiger charge is 2.20. The van der Waals surface area contributed by atoms with Crippen LogP contribution in [0.3, 0.4) is 0 Å². The number of rotatable bonds is 4. The molecule has 0 aliphatic carbocycles. The Morgan fingerprint density at radius 2 is 1.70 bits per heavy atom. The lowest BCUT2D eigenvalue weighted by Crippen LogP contribution is -2.10. The third kappa shape index (κ3) is 3.53. The second kappa shape index (κ2) is 6.15. The summed E-state index contributed by atoms with van der Waals surface area (Å²) in [6.07, 6.45) is 0. The van der Waals surface area contributed by atoms with Crippen LogP contribution >= 0.6 is 31.9 Å². The average molecular weight is 422 g/mol. The van der Waals surface area contributed by atoms with E-state index in [1.54, 1.807) is 30.3 Å². The van der Waals surface area contributed by atoms with E-state index in [4.69, 9.17) is 8.92 Å². The summed E-state index contributed by atoms with van der Waals surface area (Å²) in [7, 11) is -2.43. The van der Waals surface area contributed by atoms with Gasteiger partial charge in [0.2, 0.25) is 0 Å². The molecular weight excluding hydrogens is 412 g/mol. The van der Waals surface area contributed by atoms with Gasteiger partial charge in [-0.1, -0.05) is 22.0 Å². The summed E-state index contributed by atoms with van der Waals surface area (Å²) >= 11 is 6.44. The molecule has 0 bridgehead atoms. The van der Waals surface area contributed by atoms with Gasteiger partial charge in [-0.25, -0.2) is 0 Å². The van der Waals surface area contributed by atoms with Gasteiger partial charge in [-0.15, -0.1) is 0 Å². The van der Waals surface area contributed by atoms with Crippen molar-refractivity contribution in [2.24, 2.45) is 0 Å². The SMILES string of the molecule is COc1cccc(OS(=O)(=O)c2cc(Br)ccc2Br)c1. The van der Waals surface area contributed by atoms with E-state index in [1.165, 1.54) is 19.2 Å². The molecule has 0 aromatic heterocycles. The van der Waals surface area contributed by atoms with Crippen molar-refractivity contribution in [3.05, 3.63) is 51.4 Å². The van der Waals surface area contributed by atoms with Crippen LogP contribution in [0.25, 0.3) is 0 Å². The molecule has 0 radical (unpaired) electrons. The van der Waals surface area contributed by atoms with Crippen LogP contribution in [0.2, 0.25) is 0 Å². The predicted molar refractivity (Wildman–Crippen MR) is 82.6 cm³/mol. The highest BCUT2D eigenvalue weighted by Crippen LogP contribution is 2.29. The Balaban J connectivity index is 2.38. The minimum absolute atomic E-state index is 0.0506. The standard InChI is InChI=1S/C13H10Br2O4S/c1-18-10-3-2-4-11(8-10)19-20(16,17)13-7-9(14)5-6-12(13)15/h2-8H,1H3. The molecule has 7 heteroatoms. The maximum atomic E-state index is 12.3. The molecule has 2 aromatic carbocycles. The van der Waals surface area contributed by atoms with Gasteiger partial charge in [-0.05, 0) is 46.3 Å². The van der Waals surface area contributed by atoms with Crippen molar-refractivity contribution >= 4 is 42.0 Å². The van der Waals surface area contributed by atoms with Crippen molar-refractivity contribution in [3.63, 3.8) is 0 Å². The van der Waals surface area contributed by atoms with Gasteiger partial charge in [0.25, 0.3) is 0 Å². The summed E-state index contributed by atoms with van der Waals surface area (Å²) in [5.74, 6) is 0.710. The smallest absolute Gasteiger partial charge is 0.340 e. The molecule has 0 amide bonds. The summed E-state index contributed by atoms with van der Waals surface area (Å²) in [4.78, 5) is 0.0506. The lowest BCUT2D eigenvalue weighted by atomic mass is 10.3. The van der Waals surface area contributed by atoms with Gasteiger partial charge < -0.3 is 8.92 Å². The first-order valence-electron chi connectivity index (χ1n) is 5.46. The molecule has 0 N–H and O–H groups in total. The van der Waals surface area contributed by atoms with Gasteiger partial charge in [-0.3, -0.25) is 0 Å². The second-order valence-electron chi connectivity index (χ2n) is 3.79. The van der Waals surface area contributed by atoms with Gasteiger partial charge in [0.1, 0.15) is 16.4 Å². The Morgan fingerprint density at radius 1 is 1.00 bits per heavy atom. The van der Waals surface area contributed by atoms with Crippen LogP contribution < -0.4 is 8.92 Å². The average Bonchev–Trinajstić information content (AvgIpc) is 2.41. The second-order valence-corrected chi connectivity index (χ2v) is 7.08. The fraction of sp³-hybridized carbons (Fsp3) is 0.0769. The summed E-state index contributed by atoms with van der Waals surface area (Å²) in [5, 5.41) is 0. The minimum atomic E-state index is -3.92. The maximum Gasteiger partial charge on any atom is 0.340 e. The molecule has 2 aromatic rings. The highest BCUT2D eigenvalue weighted by molar-refractivity contribution is 9.11. The van der Waals surface area contributed by atoms with Crippen molar-refractivity contribution < 1.29 is 17.3 Å². The summed E-state index contributed by atoms with van der Waals surface area (Å²) in [6, 6.07) is 11.2. The third-order valence-electron chi connectivity index (χ3n) is 2.41. The van der Waals surface area contributed by atoms with Gasteiger partial charge in [-0.2, -0.15) is 8.42 Å². The number of benzene rings is 2. The van der Waals surface area contributed by atoms with E-state index < -0.39 is 10.1 Å². The fourth-order valence-corrected chi connectivity index (χ4v) is 3.87. The normalized spacial score (nSPS) is 11.2. The van der Waals surface area contributed by atoms with Crippen LogP contribution in [-0.2, 0) is 10.1 Å². The van der Waals surface area contributed by atoms with Crippen LogP contribution in [0.4, 0.5) is 0 Å². The summed E-state index contributed by atoms with van der Waals surface area (Å²) < 4.78 is 35.7. The largest absolute Gasteiger partial charge is 0.497 e. The van der Waals surface area contributed by atoms with Crippen molar-refractivity contribution in [3.8, 4) is 11.5 Å². The molecule has 0 saturated carbocycles. The van der Waals surface area contributed by atoms with Gasteiger partial charge in [0, 0.05) is 15.0 Å².